The van der Waals surface area contributed by atoms with Gasteiger partial charge in [-0.15, -0.1) is 0 Å². The molecule has 1 aromatic rings. The van der Waals surface area contributed by atoms with Crippen LogP contribution in [0.3, 0.4) is 0 Å². The Morgan fingerprint density at radius 1 is 1.38 bits per heavy atom. The molecule has 0 fully saturated rings. The van der Waals surface area contributed by atoms with Crippen molar-refractivity contribution in [1.82, 2.24) is 9.97 Å². The van der Waals surface area contributed by atoms with Gasteiger partial charge in [0, 0.05) is 11.5 Å². The predicted molar refractivity (Wildman–Crippen MR) is 53.6 cm³/mol. The molecule has 5 heteroatoms. The first-order chi connectivity index (χ1) is 5.93. The summed E-state index contributed by atoms with van der Waals surface area (Å²) < 4.78 is 0. The number of nitrogens with two attached hydrogens (primary N) is 1. The summed E-state index contributed by atoms with van der Waals surface area (Å²) in [6.45, 7) is 6.14. The number of nitrogens with zero attached hydrogens (tertiary/aromatic N) is 2. The van der Waals surface area contributed by atoms with Gasteiger partial charge in [-0.1, -0.05) is 20.8 Å². The van der Waals surface area contributed by atoms with Crippen LogP contribution in [-0.2, 0) is 5.41 Å². The number of hydrogen-bond donors (Lipinski definition) is 2. The van der Waals surface area contributed by atoms with Gasteiger partial charge in [0.05, 0.1) is 5.69 Å². The highest BCUT2D eigenvalue weighted by Crippen LogP contribution is 2.22. The lowest BCUT2D eigenvalue weighted by molar-refractivity contribution is 0.567. The van der Waals surface area contributed by atoms with Gasteiger partial charge in [-0.25, -0.2) is 10.8 Å². The summed E-state index contributed by atoms with van der Waals surface area (Å²) in [7, 11) is 0. The second-order valence-electron chi connectivity index (χ2n) is 3.80. The van der Waals surface area contributed by atoms with Gasteiger partial charge in [0.15, 0.2) is 0 Å². The fourth-order valence-corrected chi connectivity index (χ4v) is 1.06. The van der Waals surface area contributed by atoms with E-state index in [1.165, 1.54) is 0 Å². The van der Waals surface area contributed by atoms with Crippen LogP contribution >= 0.6 is 11.6 Å². The molecule has 0 amide bonds. The molecule has 3 N–H and O–H groups in total. The zero-order valence-electron chi connectivity index (χ0n) is 7.93. The highest BCUT2D eigenvalue weighted by atomic mass is 35.5. The maximum atomic E-state index is 5.72. The molecule has 13 heavy (non-hydrogen) atoms. The van der Waals surface area contributed by atoms with Gasteiger partial charge in [0.2, 0.25) is 5.28 Å². The van der Waals surface area contributed by atoms with E-state index in [1.54, 1.807) is 6.07 Å². The van der Waals surface area contributed by atoms with Crippen molar-refractivity contribution in [3.63, 3.8) is 0 Å². The first-order valence-electron chi connectivity index (χ1n) is 3.95. The highest BCUT2D eigenvalue weighted by Gasteiger charge is 2.17. The van der Waals surface area contributed by atoms with Crippen molar-refractivity contribution < 1.29 is 0 Å². The van der Waals surface area contributed by atoms with Crippen LogP contribution in [0, 0.1) is 0 Å². The number of anilines is 1. The van der Waals surface area contributed by atoms with Crippen LogP contribution in [0.2, 0.25) is 5.28 Å². The van der Waals surface area contributed by atoms with Gasteiger partial charge in [-0.2, -0.15) is 4.98 Å². The summed E-state index contributed by atoms with van der Waals surface area (Å²) in [5.41, 5.74) is 3.25. The number of hydrogen-bond acceptors (Lipinski definition) is 4. The summed E-state index contributed by atoms with van der Waals surface area (Å²) in [5, 5.41) is 0.209. The maximum absolute atomic E-state index is 5.72. The third kappa shape index (κ3) is 2.54. The van der Waals surface area contributed by atoms with Crippen LogP contribution in [0.1, 0.15) is 26.5 Å². The van der Waals surface area contributed by atoms with Crippen LogP contribution in [-0.4, -0.2) is 9.97 Å². The minimum Gasteiger partial charge on any atom is -0.308 e. The molecular weight excluding hydrogens is 188 g/mol. The van der Waals surface area contributed by atoms with E-state index in [0.29, 0.717) is 5.82 Å². The van der Waals surface area contributed by atoms with Crippen molar-refractivity contribution >= 4 is 17.4 Å². The van der Waals surface area contributed by atoms with Gasteiger partial charge in [0.25, 0.3) is 0 Å². The summed E-state index contributed by atoms with van der Waals surface area (Å²) in [6, 6.07) is 1.78. The molecule has 0 unspecified atom stereocenters. The van der Waals surface area contributed by atoms with Crippen molar-refractivity contribution in [2.45, 2.75) is 26.2 Å². The molecule has 0 radical (unpaired) electrons. The number of nitrogens with one attached hydrogen (secondary N) is 1. The number of nitrogen functional groups attached to an aromatic ring is 1. The molecule has 0 aliphatic rings. The van der Waals surface area contributed by atoms with Crippen LogP contribution in [0.25, 0.3) is 0 Å². The molecule has 0 aromatic carbocycles. The predicted octanol–water partition coefficient (Wildman–Crippen LogP) is 1.71. The fraction of sp³-hybridized carbons (Fsp3) is 0.500. The topological polar surface area (TPSA) is 63.8 Å². The van der Waals surface area contributed by atoms with Gasteiger partial charge in [0.1, 0.15) is 5.82 Å². The van der Waals surface area contributed by atoms with Gasteiger partial charge in [-0.3, -0.25) is 0 Å². The number of aromatic nitrogens is 2. The second kappa shape index (κ2) is 3.47. The summed E-state index contributed by atoms with van der Waals surface area (Å²) in [4.78, 5) is 8.00. The molecule has 72 valence electrons. The molecule has 0 aliphatic carbocycles. The number of rotatable bonds is 1. The standard InChI is InChI=1S/C8H13ClN4/c1-8(2,3)5-4-6(13-10)12-7(9)11-5/h4H,10H2,1-3H3,(H,11,12,13). The van der Waals surface area contributed by atoms with Crippen molar-refractivity contribution in [1.29, 1.82) is 0 Å². The van der Waals surface area contributed by atoms with E-state index in [2.05, 4.69) is 15.4 Å². The molecule has 0 bridgehead atoms. The second-order valence-corrected chi connectivity index (χ2v) is 4.14. The Labute approximate surface area is 82.5 Å². The fourth-order valence-electron chi connectivity index (χ4n) is 0.876. The van der Waals surface area contributed by atoms with Crippen LogP contribution in [0.5, 0.6) is 0 Å². The normalized spacial score (nSPS) is 11.5. The molecule has 1 heterocycles. The van der Waals surface area contributed by atoms with Crippen molar-refractivity contribution in [2.24, 2.45) is 5.84 Å². The zero-order chi connectivity index (χ0) is 10.1. The molecule has 0 aliphatic heterocycles. The Balaban J connectivity index is 3.16. The van der Waals surface area contributed by atoms with E-state index in [0.717, 1.165) is 5.69 Å². The highest BCUT2D eigenvalue weighted by molar-refractivity contribution is 6.28. The van der Waals surface area contributed by atoms with Gasteiger partial charge < -0.3 is 5.43 Å². The minimum atomic E-state index is -0.0574. The Morgan fingerprint density at radius 3 is 2.46 bits per heavy atom. The monoisotopic (exact) mass is 200 g/mol. The van der Waals surface area contributed by atoms with E-state index < -0.39 is 0 Å². The lowest BCUT2D eigenvalue weighted by Gasteiger charge is -2.18. The first kappa shape index (κ1) is 10.2. The quantitative estimate of drug-likeness (QED) is 0.412. The third-order valence-corrected chi connectivity index (χ3v) is 1.78. The Morgan fingerprint density at radius 2 is 2.00 bits per heavy atom. The lowest BCUT2D eigenvalue weighted by Crippen LogP contribution is -2.16. The Kier molecular flexibility index (Phi) is 2.73. The molecule has 0 spiro atoms. The maximum Gasteiger partial charge on any atom is 0.224 e. The SMILES string of the molecule is CC(C)(C)c1cc(NN)nc(Cl)n1. The van der Waals surface area contributed by atoms with Crippen LogP contribution in [0.4, 0.5) is 5.82 Å². The summed E-state index contributed by atoms with van der Waals surface area (Å²) in [6.07, 6.45) is 0. The molecule has 4 nitrogen and oxygen atoms in total. The van der Waals surface area contributed by atoms with E-state index >= 15 is 0 Å². The Hall–Kier alpha value is -0.870. The molecule has 0 saturated carbocycles. The number of halogens is 1. The van der Waals surface area contributed by atoms with Crippen LogP contribution < -0.4 is 11.3 Å². The van der Waals surface area contributed by atoms with Crippen molar-refractivity contribution in [3.8, 4) is 0 Å². The van der Waals surface area contributed by atoms with Crippen molar-refractivity contribution in [2.75, 3.05) is 5.43 Å². The van der Waals surface area contributed by atoms with Gasteiger partial charge >= 0.3 is 0 Å². The van der Waals surface area contributed by atoms with Gasteiger partial charge in [-0.05, 0) is 11.6 Å². The van der Waals surface area contributed by atoms with E-state index in [9.17, 15) is 0 Å². The molecule has 1 rings (SSSR count). The molecule has 0 saturated heterocycles. The molecular formula is C8H13ClN4. The first-order valence-corrected chi connectivity index (χ1v) is 4.33. The average molecular weight is 201 g/mol. The van der Waals surface area contributed by atoms with E-state index in [4.69, 9.17) is 17.4 Å². The Bertz CT molecular complexity index is 306. The summed E-state index contributed by atoms with van der Waals surface area (Å²) in [5.74, 6) is 5.76. The van der Waals surface area contributed by atoms with Crippen LogP contribution in [0.15, 0.2) is 6.07 Å². The van der Waals surface area contributed by atoms with Crippen molar-refractivity contribution in [3.05, 3.63) is 17.0 Å². The number of hydrazine groups is 1. The zero-order valence-corrected chi connectivity index (χ0v) is 8.68. The van der Waals surface area contributed by atoms with E-state index in [-0.39, 0.29) is 10.7 Å². The molecule has 0 atom stereocenters. The smallest absolute Gasteiger partial charge is 0.224 e. The average Bonchev–Trinajstić information content (AvgIpc) is 2.01. The largest absolute Gasteiger partial charge is 0.308 e. The summed E-state index contributed by atoms with van der Waals surface area (Å²) >= 11 is 5.72. The molecule has 1 aromatic heterocycles. The minimum absolute atomic E-state index is 0.0574. The van der Waals surface area contributed by atoms with E-state index in [1.807, 2.05) is 20.8 Å². The third-order valence-electron chi connectivity index (χ3n) is 1.62. The lowest BCUT2D eigenvalue weighted by atomic mass is 9.92.